The number of non-ortho nitro benzene ring substituents is 1. The van der Waals surface area contributed by atoms with Gasteiger partial charge in [0.05, 0.1) is 10.5 Å². The second-order valence-corrected chi connectivity index (χ2v) is 7.09. The van der Waals surface area contributed by atoms with Gasteiger partial charge in [0.2, 0.25) is 0 Å². The van der Waals surface area contributed by atoms with Crippen molar-refractivity contribution in [1.82, 2.24) is 4.90 Å². The number of benzene rings is 2. The predicted molar refractivity (Wildman–Crippen MR) is 113 cm³/mol. The summed E-state index contributed by atoms with van der Waals surface area (Å²) in [7, 11) is 1.56. The Balaban J connectivity index is 2.01. The maximum Gasteiger partial charge on any atom is 0.278 e. The molecule has 0 radical (unpaired) electrons. The van der Waals surface area contributed by atoms with Gasteiger partial charge >= 0.3 is 0 Å². The Morgan fingerprint density at radius 1 is 1.03 bits per heavy atom. The van der Waals surface area contributed by atoms with Gasteiger partial charge in [-0.2, -0.15) is 0 Å². The zero-order chi connectivity index (χ0) is 21.8. The first-order valence-electron chi connectivity index (χ1n) is 9.52. The maximum absolute atomic E-state index is 13.1. The van der Waals surface area contributed by atoms with Gasteiger partial charge in [-0.05, 0) is 61.2 Å². The van der Waals surface area contributed by atoms with Crippen LogP contribution in [-0.2, 0) is 14.3 Å². The third-order valence-electron chi connectivity index (χ3n) is 5.04. The molecule has 1 heterocycles. The number of carbonyl (C=O) groups excluding carboxylic acids is 2. The minimum atomic E-state index is -0.509. The van der Waals surface area contributed by atoms with E-state index >= 15 is 0 Å². The van der Waals surface area contributed by atoms with Crippen LogP contribution in [0.2, 0.25) is 0 Å². The number of hydrogen-bond donors (Lipinski definition) is 1. The zero-order valence-electron chi connectivity index (χ0n) is 17.1. The molecule has 2 aromatic rings. The van der Waals surface area contributed by atoms with Gasteiger partial charge < -0.3 is 10.1 Å². The van der Waals surface area contributed by atoms with Crippen molar-refractivity contribution in [2.24, 2.45) is 0 Å². The summed E-state index contributed by atoms with van der Waals surface area (Å²) in [6.45, 7) is 4.59. The molecule has 1 N–H and O–H groups in total. The molecular formula is C22H23N3O5. The molecule has 1 aliphatic rings. The molecule has 2 aromatic carbocycles. The number of ether oxygens (including phenoxy) is 1. The Bertz CT molecular complexity index is 1030. The molecule has 0 saturated carbocycles. The van der Waals surface area contributed by atoms with Crippen molar-refractivity contribution in [3.05, 3.63) is 75.0 Å². The van der Waals surface area contributed by atoms with Crippen LogP contribution in [0.25, 0.3) is 5.57 Å². The van der Waals surface area contributed by atoms with Gasteiger partial charge in [0, 0.05) is 38.1 Å². The standard InChI is InChI=1S/C22H23N3O5/c1-14-5-8-17(13-15(14)2)23-20-19(16-6-9-18(10-7-16)25(28)29)21(26)24(22(20)27)11-4-12-30-3/h5-10,13,23H,4,11-12H2,1-3H3. The summed E-state index contributed by atoms with van der Waals surface area (Å²) in [5.41, 5.74) is 3.56. The van der Waals surface area contributed by atoms with E-state index in [1.54, 1.807) is 7.11 Å². The number of nitrogens with zero attached hydrogens (tertiary/aromatic N) is 2. The quantitative estimate of drug-likeness (QED) is 0.310. The second-order valence-electron chi connectivity index (χ2n) is 7.09. The Morgan fingerprint density at radius 3 is 2.33 bits per heavy atom. The fourth-order valence-electron chi connectivity index (χ4n) is 3.24. The first-order chi connectivity index (χ1) is 14.3. The second kappa shape index (κ2) is 8.87. The molecule has 1 aliphatic heterocycles. The summed E-state index contributed by atoms with van der Waals surface area (Å²) >= 11 is 0. The lowest BCUT2D eigenvalue weighted by Crippen LogP contribution is -2.33. The molecule has 0 atom stereocenters. The third-order valence-corrected chi connectivity index (χ3v) is 5.04. The summed E-state index contributed by atoms with van der Waals surface area (Å²) in [6, 6.07) is 11.3. The first kappa shape index (κ1) is 21.2. The number of imide groups is 1. The lowest BCUT2D eigenvalue weighted by molar-refractivity contribution is -0.384. The normalized spacial score (nSPS) is 13.9. The van der Waals surface area contributed by atoms with E-state index in [0.717, 1.165) is 11.1 Å². The van der Waals surface area contributed by atoms with Gasteiger partial charge in [-0.15, -0.1) is 0 Å². The number of aryl methyl sites for hydroxylation is 2. The molecule has 0 unspecified atom stereocenters. The lowest BCUT2D eigenvalue weighted by atomic mass is 10.0. The summed E-state index contributed by atoms with van der Waals surface area (Å²) in [5, 5.41) is 14.1. The van der Waals surface area contributed by atoms with Gasteiger partial charge in [0.25, 0.3) is 17.5 Å². The van der Waals surface area contributed by atoms with Gasteiger partial charge in [-0.1, -0.05) is 6.07 Å². The van der Waals surface area contributed by atoms with Crippen LogP contribution in [0.5, 0.6) is 0 Å². The van der Waals surface area contributed by atoms with E-state index in [1.807, 2.05) is 32.0 Å². The van der Waals surface area contributed by atoms with Gasteiger partial charge in [-0.25, -0.2) is 0 Å². The highest BCUT2D eigenvalue weighted by molar-refractivity contribution is 6.36. The summed E-state index contributed by atoms with van der Waals surface area (Å²) in [4.78, 5) is 37.8. The Morgan fingerprint density at radius 2 is 1.73 bits per heavy atom. The molecule has 0 aromatic heterocycles. The molecule has 156 valence electrons. The Labute approximate surface area is 174 Å². The van der Waals surface area contributed by atoms with Crippen LogP contribution in [0, 0.1) is 24.0 Å². The third kappa shape index (κ3) is 4.23. The molecule has 0 aliphatic carbocycles. The SMILES string of the molecule is COCCCN1C(=O)C(Nc2ccc(C)c(C)c2)=C(c2ccc([N+](=O)[O-])cc2)C1=O. The summed E-state index contributed by atoms with van der Waals surface area (Å²) in [5.74, 6) is -0.862. The number of carbonyl (C=O) groups is 2. The predicted octanol–water partition coefficient (Wildman–Crippen LogP) is 3.44. The highest BCUT2D eigenvalue weighted by Crippen LogP contribution is 2.31. The molecule has 0 spiro atoms. The van der Waals surface area contributed by atoms with Crippen molar-refractivity contribution < 1.29 is 19.2 Å². The number of methoxy groups -OCH3 is 1. The van der Waals surface area contributed by atoms with Crippen LogP contribution in [0.3, 0.4) is 0 Å². The molecule has 3 rings (SSSR count). The maximum atomic E-state index is 13.1. The molecular weight excluding hydrogens is 386 g/mol. The fraction of sp³-hybridized carbons (Fsp3) is 0.273. The topological polar surface area (TPSA) is 102 Å². The van der Waals surface area contributed by atoms with E-state index in [0.29, 0.717) is 24.3 Å². The number of anilines is 1. The average molecular weight is 409 g/mol. The van der Waals surface area contributed by atoms with Crippen LogP contribution in [0.15, 0.2) is 48.2 Å². The molecule has 0 bridgehead atoms. The van der Waals surface area contributed by atoms with E-state index in [4.69, 9.17) is 4.74 Å². The minimum Gasteiger partial charge on any atom is -0.385 e. The molecule has 0 fully saturated rings. The first-order valence-corrected chi connectivity index (χ1v) is 9.52. The van der Waals surface area contributed by atoms with E-state index in [2.05, 4.69) is 5.32 Å². The van der Waals surface area contributed by atoms with Gasteiger partial charge in [-0.3, -0.25) is 24.6 Å². The molecule has 0 saturated heterocycles. The molecule has 30 heavy (non-hydrogen) atoms. The number of nitrogens with one attached hydrogen (secondary N) is 1. The smallest absolute Gasteiger partial charge is 0.278 e. The Kier molecular flexibility index (Phi) is 6.27. The number of nitro groups is 1. The van der Waals surface area contributed by atoms with Crippen LogP contribution >= 0.6 is 0 Å². The number of amides is 2. The summed E-state index contributed by atoms with van der Waals surface area (Å²) < 4.78 is 5.02. The summed E-state index contributed by atoms with van der Waals surface area (Å²) in [6.07, 6.45) is 0.512. The highest BCUT2D eigenvalue weighted by Gasteiger charge is 2.39. The van der Waals surface area contributed by atoms with Crippen molar-refractivity contribution in [2.75, 3.05) is 25.6 Å². The Hall–Kier alpha value is -3.52. The monoisotopic (exact) mass is 409 g/mol. The van der Waals surface area contributed by atoms with Crippen LogP contribution in [0.4, 0.5) is 11.4 Å². The van der Waals surface area contributed by atoms with Crippen molar-refractivity contribution in [2.45, 2.75) is 20.3 Å². The van der Waals surface area contributed by atoms with Crippen molar-refractivity contribution >= 4 is 28.8 Å². The van der Waals surface area contributed by atoms with E-state index < -0.39 is 16.7 Å². The van der Waals surface area contributed by atoms with Crippen LogP contribution in [0.1, 0.15) is 23.1 Å². The van der Waals surface area contributed by atoms with Crippen LogP contribution < -0.4 is 5.32 Å². The number of rotatable bonds is 8. The van der Waals surface area contributed by atoms with Crippen molar-refractivity contribution in [1.29, 1.82) is 0 Å². The van der Waals surface area contributed by atoms with E-state index in [9.17, 15) is 19.7 Å². The van der Waals surface area contributed by atoms with E-state index in [-0.39, 0.29) is 23.5 Å². The van der Waals surface area contributed by atoms with Crippen LogP contribution in [-0.4, -0.2) is 41.9 Å². The molecule has 2 amide bonds. The van der Waals surface area contributed by atoms with Crippen molar-refractivity contribution in [3.63, 3.8) is 0 Å². The molecule has 8 heteroatoms. The lowest BCUT2D eigenvalue weighted by Gasteiger charge is -2.15. The van der Waals surface area contributed by atoms with Crippen molar-refractivity contribution in [3.8, 4) is 0 Å². The fourth-order valence-corrected chi connectivity index (χ4v) is 3.24. The average Bonchev–Trinajstić information content (AvgIpc) is 2.95. The zero-order valence-corrected chi connectivity index (χ0v) is 17.1. The van der Waals surface area contributed by atoms with Gasteiger partial charge in [0.1, 0.15) is 5.70 Å². The highest BCUT2D eigenvalue weighted by atomic mass is 16.6. The number of nitro benzene ring substituents is 1. The minimum absolute atomic E-state index is 0.0864. The van der Waals surface area contributed by atoms with Gasteiger partial charge in [0.15, 0.2) is 0 Å². The largest absolute Gasteiger partial charge is 0.385 e. The molecule has 8 nitrogen and oxygen atoms in total. The number of hydrogen-bond acceptors (Lipinski definition) is 6. The van der Waals surface area contributed by atoms with E-state index in [1.165, 1.54) is 29.2 Å².